The highest BCUT2D eigenvalue weighted by molar-refractivity contribution is 5.43. The van der Waals surface area contributed by atoms with Crippen molar-refractivity contribution in [2.75, 3.05) is 7.11 Å². The Bertz CT molecular complexity index is 488. The minimum absolute atomic E-state index is 0.239. The summed E-state index contributed by atoms with van der Waals surface area (Å²) in [6.45, 7) is 7.26. The Hall–Kier alpha value is -1.18. The fraction of sp³-hybridized carbons (Fsp3) is 0.647. The maximum absolute atomic E-state index is 9.72. The molecule has 3 rings (SSSR count). The molecule has 0 saturated heterocycles. The van der Waals surface area contributed by atoms with Crippen LogP contribution >= 0.6 is 0 Å². The average molecular weight is 260 g/mol. The third kappa shape index (κ3) is 1.76. The molecule has 1 aromatic rings. The van der Waals surface area contributed by atoms with Gasteiger partial charge >= 0.3 is 0 Å². The number of hydrogen-bond acceptors (Lipinski definition) is 2. The summed E-state index contributed by atoms with van der Waals surface area (Å²) in [5.74, 6) is 3.89. The zero-order chi connectivity index (χ0) is 13.8. The standard InChI is InChI=1S/C17H24O2/c1-10-13-8-12(17(10,2)3)9-14(13)11-5-6-15(18)16(7-11)19-4/h5-7,10,12-14,18H,8-9H2,1-4H3/t10-,12-,13+,14+/m1/s1. The van der Waals surface area contributed by atoms with Crippen molar-refractivity contribution >= 4 is 0 Å². The number of phenolic OH excluding ortho intramolecular Hbond substituents is 1. The second-order valence-electron chi connectivity index (χ2n) is 6.98. The van der Waals surface area contributed by atoms with Gasteiger partial charge in [0.05, 0.1) is 7.11 Å². The molecule has 2 aliphatic carbocycles. The van der Waals surface area contributed by atoms with Crippen LogP contribution in [-0.4, -0.2) is 12.2 Å². The van der Waals surface area contributed by atoms with Gasteiger partial charge in [-0.05, 0) is 59.6 Å². The largest absolute Gasteiger partial charge is 0.504 e. The second kappa shape index (κ2) is 4.16. The van der Waals surface area contributed by atoms with E-state index >= 15 is 0 Å². The third-order valence-corrected chi connectivity index (χ3v) is 6.11. The lowest BCUT2D eigenvalue weighted by atomic mass is 9.65. The van der Waals surface area contributed by atoms with Gasteiger partial charge in [0.2, 0.25) is 0 Å². The van der Waals surface area contributed by atoms with Crippen LogP contribution in [0.2, 0.25) is 0 Å². The van der Waals surface area contributed by atoms with Crippen molar-refractivity contribution in [3.05, 3.63) is 23.8 Å². The summed E-state index contributed by atoms with van der Waals surface area (Å²) in [5.41, 5.74) is 1.83. The topological polar surface area (TPSA) is 29.5 Å². The number of rotatable bonds is 2. The number of fused-ring (bicyclic) bond motifs is 2. The van der Waals surface area contributed by atoms with Crippen LogP contribution in [0.3, 0.4) is 0 Å². The van der Waals surface area contributed by atoms with E-state index in [-0.39, 0.29) is 5.75 Å². The maximum Gasteiger partial charge on any atom is 0.160 e. The van der Waals surface area contributed by atoms with Gasteiger partial charge < -0.3 is 9.84 Å². The summed E-state index contributed by atoms with van der Waals surface area (Å²) in [6.07, 6.45) is 2.65. The Kier molecular flexibility index (Phi) is 2.81. The first-order valence-corrected chi connectivity index (χ1v) is 7.32. The molecule has 0 radical (unpaired) electrons. The summed E-state index contributed by atoms with van der Waals surface area (Å²) >= 11 is 0. The molecule has 4 atom stereocenters. The van der Waals surface area contributed by atoms with Crippen LogP contribution in [0, 0.1) is 23.2 Å². The lowest BCUT2D eigenvalue weighted by Gasteiger charge is -2.40. The van der Waals surface area contributed by atoms with Gasteiger partial charge in [-0.3, -0.25) is 0 Å². The molecule has 2 nitrogen and oxygen atoms in total. The SMILES string of the molecule is COc1cc([C@@H]2C[C@H]3C[C@H]2[C@@H](C)C3(C)C)ccc1O. The predicted octanol–water partition coefficient (Wildman–Crippen LogP) is 4.19. The quantitative estimate of drug-likeness (QED) is 0.864. The predicted molar refractivity (Wildman–Crippen MR) is 76.6 cm³/mol. The van der Waals surface area contributed by atoms with Crippen molar-refractivity contribution in [3.63, 3.8) is 0 Å². The van der Waals surface area contributed by atoms with Crippen molar-refractivity contribution in [1.29, 1.82) is 0 Å². The fourth-order valence-corrected chi connectivity index (χ4v) is 4.46. The molecule has 0 aliphatic heterocycles. The Morgan fingerprint density at radius 1 is 1.26 bits per heavy atom. The molecule has 19 heavy (non-hydrogen) atoms. The summed E-state index contributed by atoms with van der Waals surface area (Å²) in [6, 6.07) is 5.87. The second-order valence-corrected chi connectivity index (χ2v) is 6.98. The van der Waals surface area contributed by atoms with Gasteiger partial charge in [-0.15, -0.1) is 0 Å². The van der Waals surface area contributed by atoms with E-state index in [4.69, 9.17) is 4.74 Å². The molecule has 0 amide bonds. The number of phenols is 1. The summed E-state index contributed by atoms with van der Waals surface area (Å²) in [4.78, 5) is 0. The molecule has 0 aromatic heterocycles. The van der Waals surface area contributed by atoms with E-state index in [2.05, 4.69) is 26.8 Å². The minimum Gasteiger partial charge on any atom is -0.504 e. The van der Waals surface area contributed by atoms with Crippen LogP contribution in [0.15, 0.2) is 18.2 Å². The zero-order valence-corrected chi connectivity index (χ0v) is 12.3. The molecule has 2 saturated carbocycles. The Labute approximate surface area is 115 Å². The van der Waals surface area contributed by atoms with Crippen molar-refractivity contribution < 1.29 is 9.84 Å². The van der Waals surface area contributed by atoms with E-state index in [1.165, 1.54) is 18.4 Å². The molecule has 1 aromatic carbocycles. The molecule has 2 heteroatoms. The van der Waals surface area contributed by atoms with Crippen LogP contribution in [0.25, 0.3) is 0 Å². The number of aromatic hydroxyl groups is 1. The van der Waals surface area contributed by atoms with Crippen LogP contribution in [-0.2, 0) is 0 Å². The highest BCUT2D eigenvalue weighted by Gasteiger charge is 2.55. The van der Waals surface area contributed by atoms with Crippen molar-refractivity contribution in [2.24, 2.45) is 23.2 Å². The summed E-state index contributed by atoms with van der Waals surface area (Å²) in [5, 5.41) is 9.72. The van der Waals surface area contributed by atoms with Crippen LogP contribution < -0.4 is 4.74 Å². The van der Waals surface area contributed by atoms with Crippen LogP contribution in [0.1, 0.15) is 45.1 Å². The Morgan fingerprint density at radius 2 is 2.00 bits per heavy atom. The zero-order valence-electron chi connectivity index (χ0n) is 12.3. The molecule has 1 N–H and O–H groups in total. The number of benzene rings is 1. The molecular weight excluding hydrogens is 236 g/mol. The van der Waals surface area contributed by atoms with Crippen molar-refractivity contribution in [3.8, 4) is 11.5 Å². The molecule has 0 spiro atoms. The van der Waals surface area contributed by atoms with E-state index in [0.717, 1.165) is 17.8 Å². The van der Waals surface area contributed by atoms with Gasteiger partial charge in [0.1, 0.15) is 0 Å². The van der Waals surface area contributed by atoms with E-state index in [1.807, 2.05) is 6.07 Å². The number of ether oxygens (including phenoxy) is 1. The lowest BCUT2D eigenvalue weighted by molar-refractivity contribution is 0.122. The molecule has 0 unspecified atom stereocenters. The van der Waals surface area contributed by atoms with Gasteiger partial charge in [-0.1, -0.05) is 26.8 Å². The maximum atomic E-state index is 9.72. The van der Waals surface area contributed by atoms with Gasteiger partial charge in [-0.2, -0.15) is 0 Å². The highest BCUT2D eigenvalue weighted by Crippen LogP contribution is 2.64. The fourth-order valence-electron chi connectivity index (χ4n) is 4.46. The first-order valence-electron chi connectivity index (χ1n) is 7.32. The van der Waals surface area contributed by atoms with Crippen LogP contribution in [0.4, 0.5) is 0 Å². The average Bonchev–Trinajstić information content (AvgIpc) is 2.90. The van der Waals surface area contributed by atoms with Crippen LogP contribution in [0.5, 0.6) is 11.5 Å². The molecule has 2 bridgehead atoms. The summed E-state index contributed by atoms with van der Waals surface area (Å²) < 4.78 is 5.24. The Morgan fingerprint density at radius 3 is 2.58 bits per heavy atom. The van der Waals surface area contributed by atoms with E-state index in [9.17, 15) is 5.11 Å². The van der Waals surface area contributed by atoms with Gasteiger partial charge in [0.25, 0.3) is 0 Å². The van der Waals surface area contributed by atoms with E-state index < -0.39 is 0 Å². The third-order valence-electron chi connectivity index (χ3n) is 6.11. The monoisotopic (exact) mass is 260 g/mol. The number of hydrogen-bond donors (Lipinski definition) is 1. The highest BCUT2D eigenvalue weighted by atomic mass is 16.5. The molecular formula is C17H24O2. The first-order chi connectivity index (χ1) is 8.95. The normalized spacial score (nSPS) is 35.6. The molecule has 2 fully saturated rings. The van der Waals surface area contributed by atoms with E-state index in [0.29, 0.717) is 17.1 Å². The van der Waals surface area contributed by atoms with Gasteiger partial charge in [0, 0.05) is 0 Å². The smallest absolute Gasteiger partial charge is 0.160 e. The summed E-state index contributed by atoms with van der Waals surface area (Å²) in [7, 11) is 1.62. The Balaban J connectivity index is 1.90. The number of methoxy groups -OCH3 is 1. The van der Waals surface area contributed by atoms with Crippen molar-refractivity contribution in [2.45, 2.75) is 39.5 Å². The molecule has 0 heterocycles. The van der Waals surface area contributed by atoms with E-state index in [1.54, 1.807) is 13.2 Å². The minimum atomic E-state index is 0.239. The first kappa shape index (κ1) is 12.8. The van der Waals surface area contributed by atoms with Gasteiger partial charge in [-0.25, -0.2) is 0 Å². The van der Waals surface area contributed by atoms with Gasteiger partial charge in [0.15, 0.2) is 11.5 Å². The molecule has 104 valence electrons. The lowest BCUT2D eigenvalue weighted by Crippen LogP contribution is -2.32. The van der Waals surface area contributed by atoms with Crippen molar-refractivity contribution in [1.82, 2.24) is 0 Å². The molecule has 2 aliphatic rings.